The van der Waals surface area contributed by atoms with Crippen molar-refractivity contribution in [2.45, 2.75) is 11.7 Å². The fourth-order valence-corrected chi connectivity index (χ4v) is 3.62. The zero-order valence-corrected chi connectivity index (χ0v) is 12.9. The molecule has 0 fully saturated rings. The lowest BCUT2D eigenvalue weighted by Gasteiger charge is -2.30. The number of thiophene rings is 1. The fraction of sp³-hybridized carbons (Fsp3) is 0.111. The maximum absolute atomic E-state index is 13.0. The van der Waals surface area contributed by atoms with Gasteiger partial charge < -0.3 is 5.73 Å². The third kappa shape index (κ3) is 2.90. The molecular formula is C18H14F3NS. The molecule has 3 rings (SSSR count). The molecule has 5 heteroatoms. The van der Waals surface area contributed by atoms with Gasteiger partial charge in [0.2, 0.25) is 0 Å². The van der Waals surface area contributed by atoms with Crippen LogP contribution in [0.5, 0.6) is 0 Å². The quantitative estimate of drug-likeness (QED) is 0.716. The number of hydrogen-bond donors (Lipinski definition) is 1. The van der Waals surface area contributed by atoms with Gasteiger partial charge in [-0.1, -0.05) is 60.7 Å². The lowest BCUT2D eigenvalue weighted by atomic mass is 9.82. The van der Waals surface area contributed by atoms with Crippen LogP contribution in [-0.2, 0) is 11.7 Å². The molecule has 0 radical (unpaired) electrons. The van der Waals surface area contributed by atoms with Gasteiger partial charge in [-0.25, -0.2) is 0 Å². The van der Waals surface area contributed by atoms with Crippen LogP contribution in [0.2, 0.25) is 0 Å². The third-order valence-electron chi connectivity index (χ3n) is 3.77. The maximum Gasteiger partial charge on any atom is 0.417 e. The first-order valence-electron chi connectivity index (χ1n) is 6.98. The Morgan fingerprint density at radius 1 is 0.739 bits per heavy atom. The average Bonchev–Trinajstić information content (AvgIpc) is 3.06. The van der Waals surface area contributed by atoms with Crippen molar-refractivity contribution in [3.8, 4) is 0 Å². The van der Waals surface area contributed by atoms with E-state index in [0.29, 0.717) is 4.88 Å². The molecule has 0 aliphatic heterocycles. The van der Waals surface area contributed by atoms with Crippen LogP contribution in [0, 0.1) is 0 Å². The van der Waals surface area contributed by atoms with Crippen molar-refractivity contribution in [3.63, 3.8) is 0 Å². The smallest absolute Gasteiger partial charge is 0.313 e. The van der Waals surface area contributed by atoms with Crippen LogP contribution in [0.15, 0.2) is 72.1 Å². The van der Waals surface area contributed by atoms with E-state index < -0.39 is 17.3 Å². The second-order valence-electron chi connectivity index (χ2n) is 5.24. The number of rotatable bonds is 3. The minimum absolute atomic E-state index is 0.460. The molecule has 0 aliphatic rings. The number of nitrogens with two attached hydrogens (primary N) is 1. The first kappa shape index (κ1) is 15.8. The fourth-order valence-electron chi connectivity index (χ4n) is 2.54. The van der Waals surface area contributed by atoms with Gasteiger partial charge in [0.1, 0.15) is 5.54 Å². The van der Waals surface area contributed by atoms with Gasteiger partial charge in [-0.15, -0.1) is 11.3 Å². The molecule has 0 unspecified atom stereocenters. The molecule has 0 saturated carbocycles. The van der Waals surface area contributed by atoms with E-state index >= 15 is 0 Å². The van der Waals surface area contributed by atoms with E-state index in [1.54, 1.807) is 0 Å². The summed E-state index contributed by atoms with van der Waals surface area (Å²) in [4.78, 5) is 0.460. The van der Waals surface area contributed by atoms with Gasteiger partial charge in [0.05, 0.1) is 5.56 Å². The summed E-state index contributed by atoms with van der Waals surface area (Å²) in [6.07, 6.45) is -4.37. The maximum atomic E-state index is 13.0. The lowest BCUT2D eigenvalue weighted by molar-refractivity contribution is -0.137. The Kier molecular flexibility index (Phi) is 4.00. The summed E-state index contributed by atoms with van der Waals surface area (Å²) < 4.78 is 38.9. The summed E-state index contributed by atoms with van der Waals surface area (Å²) in [5, 5.41) is 1.11. The van der Waals surface area contributed by atoms with Gasteiger partial charge >= 0.3 is 6.18 Å². The molecule has 0 saturated heterocycles. The van der Waals surface area contributed by atoms with Crippen LogP contribution in [-0.4, -0.2) is 0 Å². The van der Waals surface area contributed by atoms with E-state index in [-0.39, 0.29) is 0 Å². The van der Waals surface area contributed by atoms with Crippen molar-refractivity contribution in [2.24, 2.45) is 5.73 Å². The highest BCUT2D eigenvalue weighted by Gasteiger charge is 2.37. The van der Waals surface area contributed by atoms with E-state index in [1.165, 1.54) is 0 Å². The SMILES string of the molecule is NC(c1ccccc1)(c1ccccc1)c1cc(C(F)(F)F)cs1. The minimum atomic E-state index is -4.37. The Morgan fingerprint density at radius 3 is 1.61 bits per heavy atom. The van der Waals surface area contributed by atoms with Crippen LogP contribution >= 0.6 is 11.3 Å². The van der Waals surface area contributed by atoms with Gasteiger partial charge in [-0.05, 0) is 17.2 Å². The van der Waals surface area contributed by atoms with Crippen LogP contribution in [0.4, 0.5) is 13.2 Å². The van der Waals surface area contributed by atoms with Gasteiger partial charge in [0.15, 0.2) is 0 Å². The molecule has 2 aromatic carbocycles. The lowest BCUT2D eigenvalue weighted by Crippen LogP contribution is -2.38. The van der Waals surface area contributed by atoms with Crippen molar-refractivity contribution in [2.75, 3.05) is 0 Å². The number of benzene rings is 2. The first-order chi connectivity index (χ1) is 10.9. The first-order valence-corrected chi connectivity index (χ1v) is 7.86. The predicted octanol–water partition coefficient (Wildman–Crippen LogP) is 5.02. The van der Waals surface area contributed by atoms with Crippen LogP contribution < -0.4 is 5.73 Å². The van der Waals surface area contributed by atoms with Crippen LogP contribution in [0.1, 0.15) is 21.6 Å². The summed E-state index contributed by atoms with van der Waals surface area (Å²) in [5.74, 6) is 0. The van der Waals surface area contributed by atoms with E-state index in [2.05, 4.69) is 0 Å². The Morgan fingerprint density at radius 2 is 1.22 bits per heavy atom. The Hall–Kier alpha value is -2.11. The number of hydrogen-bond acceptors (Lipinski definition) is 2. The van der Waals surface area contributed by atoms with E-state index in [4.69, 9.17) is 5.73 Å². The van der Waals surface area contributed by atoms with Crippen molar-refractivity contribution in [1.29, 1.82) is 0 Å². The molecule has 118 valence electrons. The predicted molar refractivity (Wildman–Crippen MR) is 86.3 cm³/mol. The largest absolute Gasteiger partial charge is 0.417 e. The van der Waals surface area contributed by atoms with Gasteiger partial charge in [-0.2, -0.15) is 13.2 Å². The zero-order chi connectivity index (χ0) is 16.5. The molecule has 0 bridgehead atoms. The molecule has 1 heterocycles. The minimum Gasteiger partial charge on any atom is -0.313 e. The molecule has 3 aromatic rings. The highest BCUT2D eigenvalue weighted by molar-refractivity contribution is 7.10. The van der Waals surface area contributed by atoms with Crippen molar-refractivity contribution >= 4 is 11.3 Å². The normalized spacial score (nSPS) is 12.3. The highest BCUT2D eigenvalue weighted by atomic mass is 32.1. The van der Waals surface area contributed by atoms with E-state index in [9.17, 15) is 13.2 Å². The highest BCUT2D eigenvalue weighted by Crippen LogP contribution is 2.41. The molecular weight excluding hydrogens is 319 g/mol. The third-order valence-corrected chi connectivity index (χ3v) is 4.84. The van der Waals surface area contributed by atoms with Gasteiger partial charge in [0.25, 0.3) is 0 Å². The Bertz CT molecular complexity index is 739. The van der Waals surface area contributed by atoms with Crippen molar-refractivity contribution in [1.82, 2.24) is 0 Å². The molecule has 1 aromatic heterocycles. The summed E-state index contributed by atoms with van der Waals surface area (Å²) in [7, 11) is 0. The topological polar surface area (TPSA) is 26.0 Å². The van der Waals surface area contributed by atoms with Crippen molar-refractivity contribution < 1.29 is 13.2 Å². The molecule has 0 atom stereocenters. The molecule has 0 spiro atoms. The summed E-state index contributed by atoms with van der Waals surface area (Å²) in [5.41, 5.74) is 6.38. The second-order valence-corrected chi connectivity index (χ2v) is 6.15. The second kappa shape index (κ2) is 5.83. The number of halogens is 3. The monoisotopic (exact) mass is 333 g/mol. The Balaban J connectivity index is 2.19. The van der Waals surface area contributed by atoms with Crippen molar-refractivity contribution in [3.05, 3.63) is 93.7 Å². The molecule has 0 amide bonds. The zero-order valence-electron chi connectivity index (χ0n) is 12.0. The summed E-state index contributed by atoms with van der Waals surface area (Å²) >= 11 is 1.03. The molecule has 0 aliphatic carbocycles. The van der Waals surface area contributed by atoms with E-state index in [0.717, 1.165) is 33.9 Å². The molecule has 23 heavy (non-hydrogen) atoms. The van der Waals surface area contributed by atoms with Crippen LogP contribution in [0.3, 0.4) is 0 Å². The molecule has 1 nitrogen and oxygen atoms in total. The van der Waals surface area contributed by atoms with Gasteiger partial charge in [0, 0.05) is 10.3 Å². The average molecular weight is 333 g/mol. The van der Waals surface area contributed by atoms with E-state index in [1.807, 2.05) is 60.7 Å². The van der Waals surface area contributed by atoms with Crippen LogP contribution in [0.25, 0.3) is 0 Å². The van der Waals surface area contributed by atoms with Gasteiger partial charge in [-0.3, -0.25) is 0 Å². The summed E-state index contributed by atoms with van der Waals surface area (Å²) in [6, 6.07) is 19.5. The molecule has 2 N–H and O–H groups in total. The summed E-state index contributed by atoms with van der Waals surface area (Å²) in [6.45, 7) is 0. The number of alkyl halides is 3. The Labute approximate surface area is 136 Å². The standard InChI is InChI=1S/C18H14F3NS/c19-18(20,21)15-11-16(23-12-15)17(22,13-7-3-1-4-8-13)14-9-5-2-6-10-14/h1-12H,22H2.